The van der Waals surface area contributed by atoms with Crippen LogP contribution < -0.4 is 4.74 Å². The molecule has 1 saturated heterocycles. The zero-order valence-corrected chi connectivity index (χ0v) is 26.5. The Bertz CT molecular complexity index is 1420. The number of benzene rings is 3. The van der Waals surface area contributed by atoms with Crippen molar-refractivity contribution in [2.45, 2.75) is 62.9 Å². The molecule has 0 saturated carbocycles. The Balaban J connectivity index is 1.38. The molecule has 3 aromatic carbocycles. The molecular formula is C36H43NO5S. The van der Waals surface area contributed by atoms with Gasteiger partial charge in [0.2, 0.25) is 0 Å². The normalized spacial score (nSPS) is 19.8. The highest BCUT2D eigenvalue weighted by atomic mass is 32.2. The summed E-state index contributed by atoms with van der Waals surface area (Å²) in [5.74, 6) is 0.345. The van der Waals surface area contributed by atoms with Gasteiger partial charge in [-0.15, -0.1) is 0 Å². The summed E-state index contributed by atoms with van der Waals surface area (Å²) in [6.07, 6.45) is 1.45. The Morgan fingerprint density at radius 1 is 1.00 bits per heavy atom. The zero-order valence-electron chi connectivity index (χ0n) is 25.7. The summed E-state index contributed by atoms with van der Waals surface area (Å²) >= 11 is 1.31. The van der Waals surface area contributed by atoms with Crippen LogP contribution in [-0.4, -0.2) is 55.4 Å². The van der Waals surface area contributed by atoms with Crippen LogP contribution in [0.5, 0.6) is 5.75 Å². The number of nitrogens with zero attached hydrogens (tertiary/aromatic N) is 1. The van der Waals surface area contributed by atoms with Crippen LogP contribution in [0.15, 0.2) is 88.4 Å². The number of carbonyl (C=O) groups is 1. The van der Waals surface area contributed by atoms with Gasteiger partial charge in [0.15, 0.2) is 0 Å². The fraction of sp³-hybridized carbons (Fsp3) is 0.417. The molecule has 43 heavy (non-hydrogen) atoms. The highest BCUT2D eigenvalue weighted by Gasteiger charge is 2.44. The lowest BCUT2D eigenvalue weighted by molar-refractivity contribution is -0.160. The van der Waals surface area contributed by atoms with Crippen LogP contribution in [0.4, 0.5) is 0 Å². The summed E-state index contributed by atoms with van der Waals surface area (Å²) in [5, 5.41) is 11.5. The van der Waals surface area contributed by atoms with Gasteiger partial charge < -0.3 is 19.3 Å². The lowest BCUT2D eigenvalue weighted by atomic mass is 9.82. The van der Waals surface area contributed by atoms with Crippen LogP contribution in [-0.2, 0) is 31.7 Å². The van der Waals surface area contributed by atoms with E-state index < -0.39 is 11.6 Å². The number of cyclic esters (lactones) is 1. The van der Waals surface area contributed by atoms with Crippen molar-refractivity contribution in [1.29, 1.82) is 0 Å². The largest absolute Gasteiger partial charge is 0.511 e. The molecule has 2 heterocycles. The molecule has 6 nitrogen and oxygen atoms in total. The number of ether oxygens (including phenoxy) is 3. The van der Waals surface area contributed by atoms with Gasteiger partial charge in [-0.2, -0.15) is 0 Å². The number of thioether (sulfide) groups is 1. The van der Waals surface area contributed by atoms with Crippen molar-refractivity contribution in [3.8, 4) is 5.75 Å². The Kier molecular flexibility index (Phi) is 9.85. The van der Waals surface area contributed by atoms with Crippen LogP contribution >= 0.6 is 11.8 Å². The van der Waals surface area contributed by atoms with Crippen LogP contribution in [0.1, 0.15) is 55.9 Å². The number of aliphatic hydroxyl groups excluding tert-OH is 1. The van der Waals surface area contributed by atoms with E-state index in [-0.39, 0.29) is 22.5 Å². The first-order valence-corrected chi connectivity index (χ1v) is 16.0. The molecule has 1 N–H and O–H groups in total. The van der Waals surface area contributed by atoms with Crippen molar-refractivity contribution in [2.24, 2.45) is 0 Å². The van der Waals surface area contributed by atoms with Gasteiger partial charge in [-0.05, 0) is 65.6 Å². The summed E-state index contributed by atoms with van der Waals surface area (Å²) in [7, 11) is 0. The Morgan fingerprint density at radius 2 is 1.72 bits per heavy atom. The van der Waals surface area contributed by atoms with Gasteiger partial charge >= 0.3 is 5.97 Å². The first kappa shape index (κ1) is 31.2. The van der Waals surface area contributed by atoms with E-state index in [4.69, 9.17) is 14.2 Å². The average Bonchev–Trinajstić information content (AvgIpc) is 2.99. The first-order valence-electron chi connectivity index (χ1n) is 15.1. The molecule has 1 unspecified atom stereocenters. The van der Waals surface area contributed by atoms with Gasteiger partial charge in [0.25, 0.3) is 0 Å². The number of esters is 1. The van der Waals surface area contributed by atoms with Gasteiger partial charge in [0.05, 0.1) is 19.6 Å². The van der Waals surface area contributed by atoms with E-state index in [9.17, 15) is 9.90 Å². The zero-order chi connectivity index (χ0) is 30.5. The first-order chi connectivity index (χ1) is 20.6. The molecular weight excluding hydrogens is 558 g/mol. The predicted molar refractivity (Wildman–Crippen MR) is 172 cm³/mol. The molecule has 0 aromatic heterocycles. The molecule has 7 heteroatoms. The third-order valence-electron chi connectivity index (χ3n) is 8.17. The highest BCUT2D eigenvalue weighted by Crippen LogP contribution is 2.46. The number of aryl methyl sites for hydroxylation is 2. The molecule has 1 atom stereocenters. The molecule has 0 radical (unpaired) electrons. The SMILES string of the molecule is Cc1ccc(C(C)(C)C)c(SC2=C(O)CC(CCc3ccccc3)(c3ccc(OCCN4CCOCC4)cc3)OC2=O)c1. The summed E-state index contributed by atoms with van der Waals surface area (Å²) < 4.78 is 17.8. The fourth-order valence-electron chi connectivity index (χ4n) is 5.68. The van der Waals surface area contributed by atoms with E-state index in [1.807, 2.05) is 49.4 Å². The summed E-state index contributed by atoms with van der Waals surface area (Å²) in [5.41, 5.74) is 3.12. The lowest BCUT2D eigenvalue weighted by Crippen LogP contribution is -2.38. The maximum atomic E-state index is 13.7. The van der Waals surface area contributed by atoms with Crippen LogP contribution in [0.25, 0.3) is 0 Å². The Hall–Kier alpha value is -3.26. The summed E-state index contributed by atoms with van der Waals surface area (Å²) in [6.45, 7) is 13.3. The molecule has 228 valence electrons. The van der Waals surface area contributed by atoms with E-state index >= 15 is 0 Å². The fourth-order valence-corrected chi connectivity index (χ4v) is 6.94. The quantitative estimate of drug-likeness (QED) is 0.244. The lowest BCUT2D eigenvalue weighted by Gasteiger charge is -2.38. The predicted octanol–water partition coefficient (Wildman–Crippen LogP) is 7.34. The van der Waals surface area contributed by atoms with Gasteiger partial charge in [-0.1, -0.05) is 87.1 Å². The van der Waals surface area contributed by atoms with Gasteiger partial charge in [0, 0.05) is 24.5 Å². The van der Waals surface area contributed by atoms with Gasteiger partial charge in [-0.3, -0.25) is 4.90 Å². The number of rotatable bonds is 10. The second kappa shape index (κ2) is 13.6. The summed E-state index contributed by atoms with van der Waals surface area (Å²) in [4.78, 5) is 17.3. The third-order valence-corrected chi connectivity index (χ3v) is 9.33. The third kappa shape index (κ3) is 7.83. The molecule has 3 aromatic rings. The molecule has 0 amide bonds. The molecule has 2 aliphatic heterocycles. The van der Waals surface area contributed by atoms with Crippen molar-refractivity contribution in [1.82, 2.24) is 4.90 Å². The van der Waals surface area contributed by atoms with Crippen molar-refractivity contribution >= 4 is 17.7 Å². The standard InChI is InChI=1S/C36H43NO5S/c1-26-10-15-30(35(2,3)4)32(24-26)43-33-31(38)25-36(42-34(33)39,17-16-27-8-6-5-7-9-27)28-11-13-29(14-12-28)41-23-20-37-18-21-40-22-19-37/h5-15,24,38H,16-23,25H2,1-4H3. The van der Waals surface area contributed by atoms with Crippen LogP contribution in [0.2, 0.25) is 0 Å². The number of morpholine rings is 1. The summed E-state index contributed by atoms with van der Waals surface area (Å²) in [6, 6.07) is 24.2. The molecule has 2 aliphatic rings. The average molecular weight is 602 g/mol. The number of hydrogen-bond donors (Lipinski definition) is 1. The number of hydrogen-bond acceptors (Lipinski definition) is 7. The molecule has 0 aliphatic carbocycles. The minimum atomic E-state index is -0.993. The second-order valence-corrected chi connectivity index (χ2v) is 13.6. The number of carbonyl (C=O) groups excluding carboxylic acids is 1. The van der Waals surface area contributed by atoms with E-state index in [1.165, 1.54) is 11.8 Å². The number of aliphatic hydroxyl groups is 1. The smallest absolute Gasteiger partial charge is 0.349 e. The highest BCUT2D eigenvalue weighted by molar-refractivity contribution is 8.04. The van der Waals surface area contributed by atoms with Crippen molar-refractivity contribution in [2.75, 3.05) is 39.5 Å². The molecule has 1 fully saturated rings. The molecule has 0 spiro atoms. The van der Waals surface area contributed by atoms with E-state index in [2.05, 4.69) is 56.0 Å². The van der Waals surface area contributed by atoms with E-state index in [0.29, 0.717) is 19.4 Å². The van der Waals surface area contributed by atoms with Crippen LogP contribution in [0, 0.1) is 6.92 Å². The van der Waals surface area contributed by atoms with E-state index in [1.54, 1.807) is 0 Å². The Morgan fingerprint density at radius 3 is 2.40 bits per heavy atom. The second-order valence-electron chi connectivity index (χ2n) is 12.5. The van der Waals surface area contributed by atoms with Crippen molar-refractivity contribution in [3.63, 3.8) is 0 Å². The van der Waals surface area contributed by atoms with Crippen molar-refractivity contribution in [3.05, 3.63) is 106 Å². The van der Waals surface area contributed by atoms with Gasteiger partial charge in [-0.25, -0.2) is 4.79 Å². The topological polar surface area (TPSA) is 68.2 Å². The minimum Gasteiger partial charge on any atom is -0.511 e. The Labute approximate surface area is 260 Å². The van der Waals surface area contributed by atoms with E-state index in [0.717, 1.165) is 65.7 Å². The maximum absolute atomic E-state index is 13.7. The van der Waals surface area contributed by atoms with Crippen LogP contribution in [0.3, 0.4) is 0 Å². The minimum absolute atomic E-state index is 0.0708. The molecule has 0 bridgehead atoms. The maximum Gasteiger partial charge on any atom is 0.349 e. The van der Waals surface area contributed by atoms with Crippen molar-refractivity contribution < 1.29 is 24.1 Å². The van der Waals surface area contributed by atoms with Gasteiger partial charge in [0.1, 0.15) is 28.6 Å². The molecule has 5 rings (SSSR count). The monoisotopic (exact) mass is 601 g/mol.